The fourth-order valence-corrected chi connectivity index (χ4v) is 3.51. The number of thioether (sulfide) groups is 1. The van der Waals surface area contributed by atoms with E-state index in [9.17, 15) is 14.4 Å². The quantitative estimate of drug-likeness (QED) is 0.632. The summed E-state index contributed by atoms with van der Waals surface area (Å²) < 4.78 is 4.62. The Morgan fingerprint density at radius 3 is 2.62 bits per heavy atom. The molecular formula is C18H15NO4S. The molecule has 0 bridgehead atoms. The minimum Gasteiger partial charge on any atom is -0.467 e. The minimum absolute atomic E-state index is 0.298. The van der Waals surface area contributed by atoms with Crippen LogP contribution in [-0.4, -0.2) is 35.2 Å². The van der Waals surface area contributed by atoms with Crippen LogP contribution >= 0.6 is 11.8 Å². The lowest BCUT2D eigenvalue weighted by Gasteiger charge is -2.18. The maximum Gasteiger partial charge on any atom is 0.328 e. The maximum atomic E-state index is 12.5. The van der Waals surface area contributed by atoms with Gasteiger partial charge in [0.05, 0.1) is 12.0 Å². The van der Waals surface area contributed by atoms with Crippen LogP contribution in [0.15, 0.2) is 47.4 Å². The lowest BCUT2D eigenvalue weighted by molar-refractivity contribution is -0.148. The van der Waals surface area contributed by atoms with Gasteiger partial charge in [-0.1, -0.05) is 42.5 Å². The zero-order valence-corrected chi connectivity index (χ0v) is 14.0. The summed E-state index contributed by atoms with van der Waals surface area (Å²) in [7, 11) is 1.23. The molecule has 2 aromatic rings. The summed E-state index contributed by atoms with van der Waals surface area (Å²) in [6.45, 7) is 1.48. The molecule has 1 atom stereocenters. The molecule has 0 spiro atoms. The maximum absolute atomic E-state index is 12.5. The molecule has 1 unspecified atom stereocenters. The van der Waals surface area contributed by atoms with Gasteiger partial charge in [0.1, 0.15) is 6.04 Å². The molecule has 0 aromatic heterocycles. The number of fused-ring (bicyclic) bond motifs is 1. The van der Waals surface area contributed by atoms with E-state index < -0.39 is 23.2 Å². The topological polar surface area (TPSA) is 63.7 Å². The number of imide groups is 1. The summed E-state index contributed by atoms with van der Waals surface area (Å²) in [5.41, 5.74) is 0.851. The number of ether oxygens (including phenoxy) is 1. The molecule has 2 aromatic carbocycles. The van der Waals surface area contributed by atoms with E-state index >= 15 is 0 Å². The molecule has 24 heavy (non-hydrogen) atoms. The molecule has 3 rings (SSSR count). The van der Waals surface area contributed by atoms with Gasteiger partial charge in [-0.3, -0.25) is 14.5 Å². The number of rotatable bonds is 3. The van der Waals surface area contributed by atoms with Crippen LogP contribution in [-0.2, 0) is 14.3 Å². The minimum atomic E-state index is -0.944. The van der Waals surface area contributed by atoms with Crippen molar-refractivity contribution in [2.75, 3.05) is 7.11 Å². The number of benzene rings is 2. The second-order valence-corrected chi connectivity index (χ2v) is 6.31. The predicted molar refractivity (Wildman–Crippen MR) is 93.2 cm³/mol. The molecule has 0 N–H and O–H groups in total. The van der Waals surface area contributed by atoms with E-state index in [4.69, 9.17) is 0 Å². The highest BCUT2D eigenvalue weighted by Gasteiger charge is 2.41. The van der Waals surface area contributed by atoms with Gasteiger partial charge in [0.2, 0.25) is 0 Å². The molecule has 1 heterocycles. The molecule has 0 radical (unpaired) electrons. The number of methoxy groups -OCH3 is 1. The lowest BCUT2D eigenvalue weighted by Crippen LogP contribution is -2.42. The van der Waals surface area contributed by atoms with E-state index in [1.807, 2.05) is 42.5 Å². The van der Waals surface area contributed by atoms with E-state index in [1.54, 1.807) is 6.08 Å². The van der Waals surface area contributed by atoms with Gasteiger partial charge >= 0.3 is 5.97 Å². The number of carbonyl (C=O) groups is 3. The number of hydrogen-bond acceptors (Lipinski definition) is 5. The summed E-state index contributed by atoms with van der Waals surface area (Å²) >= 11 is 0.832. The summed E-state index contributed by atoms with van der Waals surface area (Å²) in [6.07, 6.45) is 1.69. The first-order valence-electron chi connectivity index (χ1n) is 7.35. The van der Waals surface area contributed by atoms with E-state index in [0.29, 0.717) is 4.91 Å². The van der Waals surface area contributed by atoms with Gasteiger partial charge in [0.25, 0.3) is 11.1 Å². The van der Waals surface area contributed by atoms with E-state index in [1.165, 1.54) is 14.0 Å². The fraction of sp³-hybridized carbons (Fsp3) is 0.167. The molecule has 1 fully saturated rings. The Bertz CT molecular complexity index is 869. The monoisotopic (exact) mass is 341 g/mol. The van der Waals surface area contributed by atoms with E-state index in [2.05, 4.69) is 4.74 Å². The Hall–Kier alpha value is -2.60. The van der Waals surface area contributed by atoms with Gasteiger partial charge in [-0.25, -0.2) is 4.79 Å². The number of amides is 2. The molecule has 2 amide bonds. The Morgan fingerprint density at radius 2 is 1.88 bits per heavy atom. The summed E-state index contributed by atoms with van der Waals surface area (Å²) in [5, 5.41) is 1.57. The molecule has 1 saturated heterocycles. The highest BCUT2D eigenvalue weighted by Crippen LogP contribution is 2.34. The van der Waals surface area contributed by atoms with Crippen molar-refractivity contribution >= 4 is 45.7 Å². The van der Waals surface area contributed by atoms with Gasteiger partial charge < -0.3 is 4.74 Å². The average molecular weight is 341 g/mol. The first-order valence-corrected chi connectivity index (χ1v) is 8.17. The van der Waals surface area contributed by atoms with Gasteiger partial charge in [0.15, 0.2) is 0 Å². The van der Waals surface area contributed by atoms with Crippen LogP contribution in [0, 0.1) is 0 Å². The van der Waals surface area contributed by atoms with Crippen molar-refractivity contribution < 1.29 is 19.1 Å². The van der Waals surface area contributed by atoms with E-state index in [-0.39, 0.29) is 0 Å². The van der Waals surface area contributed by atoms with Crippen LogP contribution in [0.25, 0.3) is 16.8 Å². The number of hydrogen-bond donors (Lipinski definition) is 0. The Balaban J connectivity index is 1.98. The van der Waals surface area contributed by atoms with Crippen molar-refractivity contribution in [3.05, 3.63) is 52.9 Å². The van der Waals surface area contributed by atoms with Crippen molar-refractivity contribution in [3.8, 4) is 0 Å². The Morgan fingerprint density at radius 1 is 1.17 bits per heavy atom. The summed E-state index contributed by atoms with van der Waals surface area (Å²) in [6, 6.07) is 12.6. The van der Waals surface area contributed by atoms with Crippen molar-refractivity contribution in [3.63, 3.8) is 0 Å². The fourth-order valence-electron chi connectivity index (χ4n) is 2.61. The highest BCUT2D eigenvalue weighted by molar-refractivity contribution is 8.18. The first kappa shape index (κ1) is 16.3. The van der Waals surface area contributed by atoms with Crippen LogP contribution in [0.1, 0.15) is 12.5 Å². The smallest absolute Gasteiger partial charge is 0.328 e. The summed E-state index contributed by atoms with van der Waals surface area (Å²) in [5.74, 6) is -1.10. The molecule has 5 nitrogen and oxygen atoms in total. The van der Waals surface area contributed by atoms with Gasteiger partial charge in [0, 0.05) is 0 Å². The van der Waals surface area contributed by atoms with Crippen LogP contribution in [0.5, 0.6) is 0 Å². The van der Waals surface area contributed by atoms with Gasteiger partial charge in [-0.05, 0) is 41.1 Å². The number of carbonyl (C=O) groups excluding carboxylic acids is 3. The molecule has 1 aliphatic heterocycles. The standard InChI is InChI=1S/C18H15NO4S/c1-11(17(21)23-2)19-16(20)15(24-18(19)22)10-13-8-5-7-12-6-3-4-9-14(12)13/h3-11H,1-2H3/b15-10-. The van der Waals surface area contributed by atoms with Crippen LogP contribution < -0.4 is 0 Å². The highest BCUT2D eigenvalue weighted by atomic mass is 32.2. The number of nitrogens with zero attached hydrogens (tertiary/aromatic N) is 1. The van der Waals surface area contributed by atoms with Crippen LogP contribution in [0.3, 0.4) is 0 Å². The van der Waals surface area contributed by atoms with Gasteiger partial charge in [-0.2, -0.15) is 0 Å². The Labute approximate surface area is 143 Å². The molecule has 122 valence electrons. The molecule has 0 aliphatic carbocycles. The van der Waals surface area contributed by atoms with Crippen molar-refractivity contribution in [1.29, 1.82) is 0 Å². The Kier molecular flexibility index (Phi) is 4.40. The van der Waals surface area contributed by atoms with Crippen LogP contribution in [0.2, 0.25) is 0 Å². The normalized spacial score (nSPS) is 17.6. The molecule has 6 heteroatoms. The summed E-state index contributed by atoms with van der Waals surface area (Å²) in [4.78, 5) is 37.5. The predicted octanol–water partition coefficient (Wildman–Crippen LogP) is 3.44. The van der Waals surface area contributed by atoms with Crippen molar-refractivity contribution in [1.82, 2.24) is 4.90 Å². The number of esters is 1. The molecule has 1 aliphatic rings. The third-order valence-electron chi connectivity index (χ3n) is 3.86. The third kappa shape index (κ3) is 2.80. The van der Waals surface area contributed by atoms with Gasteiger partial charge in [-0.15, -0.1) is 0 Å². The second-order valence-electron chi connectivity index (χ2n) is 5.32. The van der Waals surface area contributed by atoms with Crippen molar-refractivity contribution in [2.24, 2.45) is 0 Å². The zero-order chi connectivity index (χ0) is 17.3. The van der Waals surface area contributed by atoms with Crippen LogP contribution in [0.4, 0.5) is 4.79 Å². The SMILES string of the molecule is COC(=O)C(C)N1C(=O)S/C(=C\c2cccc3ccccc23)C1=O. The second kappa shape index (κ2) is 6.49. The average Bonchev–Trinajstić information content (AvgIpc) is 2.87. The third-order valence-corrected chi connectivity index (χ3v) is 4.75. The lowest BCUT2D eigenvalue weighted by atomic mass is 10.0. The molecule has 0 saturated carbocycles. The first-order chi connectivity index (χ1) is 11.5. The van der Waals surface area contributed by atoms with E-state index in [0.717, 1.165) is 33.0 Å². The zero-order valence-electron chi connectivity index (χ0n) is 13.2. The largest absolute Gasteiger partial charge is 0.467 e. The molecular weight excluding hydrogens is 326 g/mol. The van der Waals surface area contributed by atoms with Crippen molar-refractivity contribution in [2.45, 2.75) is 13.0 Å².